The quantitative estimate of drug-likeness (QED) is 0.419. The summed E-state index contributed by atoms with van der Waals surface area (Å²) < 4.78 is 5.55. The van der Waals surface area contributed by atoms with E-state index in [4.69, 9.17) is 4.74 Å². The molecule has 0 aliphatic rings. The van der Waals surface area contributed by atoms with Crippen molar-refractivity contribution in [2.45, 2.75) is 52.6 Å². The Hall–Kier alpha value is -0.300. The predicted molar refractivity (Wildman–Crippen MR) is 54.4 cm³/mol. The van der Waals surface area contributed by atoms with Crippen molar-refractivity contribution >= 4 is 0 Å². The normalized spacial score (nSPS) is 12.9. The summed E-state index contributed by atoms with van der Waals surface area (Å²) in [6.07, 6.45) is 5.47. The Morgan fingerprint density at radius 2 is 2.08 bits per heavy atom. The minimum atomic E-state index is 0.397. The Morgan fingerprint density at radius 1 is 1.42 bits per heavy atom. The molecule has 0 aliphatic carbocycles. The molecule has 72 valence electrons. The third-order valence-electron chi connectivity index (χ3n) is 1.83. The Morgan fingerprint density at radius 3 is 2.58 bits per heavy atom. The van der Waals surface area contributed by atoms with Crippen LogP contribution in [0, 0.1) is 0 Å². The van der Waals surface area contributed by atoms with Crippen molar-refractivity contribution in [1.82, 2.24) is 0 Å². The van der Waals surface area contributed by atoms with E-state index in [0.717, 1.165) is 5.57 Å². The summed E-state index contributed by atoms with van der Waals surface area (Å²) in [5, 5.41) is 0. The van der Waals surface area contributed by atoms with E-state index in [0.29, 0.717) is 12.7 Å². The van der Waals surface area contributed by atoms with Gasteiger partial charge in [0.05, 0.1) is 12.7 Å². The molecular formula is C11H22O. The molecule has 0 fully saturated rings. The highest BCUT2D eigenvalue weighted by Crippen LogP contribution is 2.06. The lowest BCUT2D eigenvalue weighted by Crippen LogP contribution is -2.09. The Balaban J connectivity index is 3.21. The van der Waals surface area contributed by atoms with Crippen LogP contribution in [0.3, 0.4) is 0 Å². The van der Waals surface area contributed by atoms with Crippen LogP contribution in [0.1, 0.15) is 46.5 Å². The van der Waals surface area contributed by atoms with Crippen molar-refractivity contribution in [2.24, 2.45) is 0 Å². The zero-order chi connectivity index (χ0) is 9.40. The Kier molecular flexibility index (Phi) is 7.17. The highest BCUT2D eigenvalue weighted by Gasteiger charge is 2.00. The molecular weight excluding hydrogens is 148 g/mol. The molecule has 0 amide bonds. The van der Waals surface area contributed by atoms with Gasteiger partial charge in [0.15, 0.2) is 0 Å². The first-order valence-corrected chi connectivity index (χ1v) is 4.92. The van der Waals surface area contributed by atoms with E-state index in [1.54, 1.807) is 0 Å². The van der Waals surface area contributed by atoms with Crippen LogP contribution in [-0.4, -0.2) is 12.7 Å². The third-order valence-corrected chi connectivity index (χ3v) is 1.83. The lowest BCUT2D eigenvalue weighted by Gasteiger charge is -2.12. The van der Waals surface area contributed by atoms with E-state index in [-0.39, 0.29) is 0 Å². The molecule has 1 atom stereocenters. The summed E-state index contributed by atoms with van der Waals surface area (Å²) in [6.45, 7) is 10.9. The molecule has 0 aromatic carbocycles. The monoisotopic (exact) mass is 170 g/mol. The highest BCUT2D eigenvalue weighted by molar-refractivity contribution is 4.87. The first kappa shape index (κ1) is 11.7. The minimum absolute atomic E-state index is 0.397. The van der Waals surface area contributed by atoms with E-state index in [2.05, 4.69) is 20.4 Å². The van der Waals surface area contributed by atoms with Gasteiger partial charge in [-0.3, -0.25) is 0 Å². The molecule has 0 saturated carbocycles. The van der Waals surface area contributed by atoms with Gasteiger partial charge in [0, 0.05) is 0 Å². The molecule has 1 heteroatoms. The van der Waals surface area contributed by atoms with Crippen molar-refractivity contribution in [1.29, 1.82) is 0 Å². The van der Waals surface area contributed by atoms with Crippen LogP contribution in [0.2, 0.25) is 0 Å². The fraction of sp³-hybridized carbons (Fsp3) is 0.818. The highest BCUT2D eigenvalue weighted by atomic mass is 16.5. The number of unbranched alkanes of at least 4 members (excludes halogenated alkanes) is 2. The number of hydrogen-bond acceptors (Lipinski definition) is 1. The van der Waals surface area contributed by atoms with Crippen LogP contribution in [-0.2, 0) is 4.74 Å². The summed E-state index contributed by atoms with van der Waals surface area (Å²) >= 11 is 0. The summed E-state index contributed by atoms with van der Waals surface area (Å²) in [5.41, 5.74) is 1.11. The average molecular weight is 170 g/mol. The predicted octanol–water partition coefficient (Wildman–Crippen LogP) is 3.55. The van der Waals surface area contributed by atoms with E-state index in [1.807, 2.05) is 6.92 Å². The minimum Gasteiger partial charge on any atom is -0.374 e. The van der Waals surface area contributed by atoms with Crippen molar-refractivity contribution in [3.8, 4) is 0 Å². The molecule has 1 nitrogen and oxygen atoms in total. The fourth-order valence-corrected chi connectivity index (χ4v) is 1.05. The zero-order valence-corrected chi connectivity index (χ0v) is 8.73. The zero-order valence-electron chi connectivity index (χ0n) is 8.73. The maximum atomic E-state index is 5.55. The number of ether oxygens (including phenoxy) is 1. The van der Waals surface area contributed by atoms with Gasteiger partial charge >= 0.3 is 0 Å². The molecule has 0 aromatic rings. The fourth-order valence-electron chi connectivity index (χ4n) is 1.05. The first-order valence-electron chi connectivity index (χ1n) is 4.92. The van der Waals surface area contributed by atoms with Gasteiger partial charge in [0.25, 0.3) is 0 Å². The molecule has 1 unspecified atom stereocenters. The maximum absolute atomic E-state index is 5.55. The summed E-state index contributed by atoms with van der Waals surface area (Å²) in [7, 11) is 0. The van der Waals surface area contributed by atoms with E-state index in [1.165, 1.54) is 25.7 Å². The smallest absolute Gasteiger partial charge is 0.0675 e. The molecule has 0 aromatic heterocycles. The van der Waals surface area contributed by atoms with Crippen LogP contribution in [0.5, 0.6) is 0 Å². The summed E-state index contributed by atoms with van der Waals surface area (Å²) in [4.78, 5) is 0. The van der Waals surface area contributed by atoms with Crippen LogP contribution in [0.4, 0.5) is 0 Å². The second kappa shape index (κ2) is 7.35. The van der Waals surface area contributed by atoms with Gasteiger partial charge in [-0.15, -0.1) is 0 Å². The molecule has 0 bridgehead atoms. The SMILES string of the molecule is C=C(C)COC(C)CCCCC. The Bertz CT molecular complexity index is 118. The molecule has 0 rings (SSSR count). The topological polar surface area (TPSA) is 9.23 Å². The first-order chi connectivity index (χ1) is 5.66. The van der Waals surface area contributed by atoms with Crippen molar-refractivity contribution in [3.63, 3.8) is 0 Å². The van der Waals surface area contributed by atoms with Crippen LogP contribution < -0.4 is 0 Å². The van der Waals surface area contributed by atoms with Crippen LogP contribution >= 0.6 is 0 Å². The Labute approximate surface area is 76.8 Å². The summed E-state index contributed by atoms with van der Waals surface area (Å²) in [5.74, 6) is 0. The van der Waals surface area contributed by atoms with Crippen LogP contribution in [0.15, 0.2) is 12.2 Å². The van der Waals surface area contributed by atoms with Crippen molar-refractivity contribution in [3.05, 3.63) is 12.2 Å². The standard InChI is InChI=1S/C11H22O/c1-5-6-7-8-11(4)12-9-10(2)3/h11H,2,5-9H2,1,3-4H3. The van der Waals surface area contributed by atoms with E-state index >= 15 is 0 Å². The van der Waals surface area contributed by atoms with Gasteiger partial charge in [-0.25, -0.2) is 0 Å². The molecule has 0 saturated heterocycles. The second-order valence-corrected chi connectivity index (χ2v) is 3.57. The maximum Gasteiger partial charge on any atom is 0.0675 e. The van der Waals surface area contributed by atoms with E-state index in [9.17, 15) is 0 Å². The summed E-state index contributed by atoms with van der Waals surface area (Å²) in [6, 6.07) is 0. The van der Waals surface area contributed by atoms with Gasteiger partial charge in [0.1, 0.15) is 0 Å². The molecule has 12 heavy (non-hydrogen) atoms. The lowest BCUT2D eigenvalue weighted by molar-refractivity contribution is 0.0754. The van der Waals surface area contributed by atoms with Gasteiger partial charge in [-0.05, 0) is 20.3 Å². The molecule has 0 N–H and O–H groups in total. The van der Waals surface area contributed by atoms with Crippen LogP contribution in [0.25, 0.3) is 0 Å². The lowest BCUT2D eigenvalue weighted by atomic mass is 10.1. The number of hydrogen-bond donors (Lipinski definition) is 0. The number of rotatable bonds is 7. The van der Waals surface area contributed by atoms with Crippen molar-refractivity contribution < 1.29 is 4.74 Å². The van der Waals surface area contributed by atoms with Gasteiger partial charge in [0.2, 0.25) is 0 Å². The molecule has 0 aliphatic heterocycles. The third kappa shape index (κ3) is 7.80. The van der Waals surface area contributed by atoms with Gasteiger partial charge < -0.3 is 4.74 Å². The average Bonchev–Trinajstić information content (AvgIpc) is 2.01. The molecule has 0 radical (unpaired) electrons. The second-order valence-electron chi connectivity index (χ2n) is 3.57. The molecule has 0 spiro atoms. The van der Waals surface area contributed by atoms with E-state index < -0.39 is 0 Å². The van der Waals surface area contributed by atoms with Crippen molar-refractivity contribution in [2.75, 3.05) is 6.61 Å². The van der Waals surface area contributed by atoms with Gasteiger partial charge in [-0.2, -0.15) is 0 Å². The van der Waals surface area contributed by atoms with Gasteiger partial charge in [-0.1, -0.05) is 38.3 Å². The molecule has 0 heterocycles. The largest absolute Gasteiger partial charge is 0.374 e.